The fourth-order valence-corrected chi connectivity index (χ4v) is 2.44. The molecule has 0 fully saturated rings. The van der Waals surface area contributed by atoms with Crippen molar-refractivity contribution in [1.29, 1.82) is 0 Å². The number of fused-ring (bicyclic) bond motifs is 1. The van der Waals surface area contributed by atoms with Crippen molar-refractivity contribution in [2.24, 2.45) is 0 Å². The molecule has 0 saturated heterocycles. The number of aromatic hydroxyl groups is 1. The van der Waals surface area contributed by atoms with E-state index >= 15 is 0 Å². The van der Waals surface area contributed by atoms with E-state index in [0.29, 0.717) is 6.54 Å². The Morgan fingerprint density at radius 2 is 1.95 bits per heavy atom. The minimum absolute atomic E-state index is 0.280. The normalized spacial score (nSPS) is 14.7. The van der Waals surface area contributed by atoms with Crippen molar-refractivity contribution in [2.75, 3.05) is 5.32 Å². The lowest BCUT2D eigenvalue weighted by Gasteiger charge is -2.09. The number of nitrogens with one attached hydrogen (secondary N) is 1. The van der Waals surface area contributed by atoms with Crippen LogP contribution in [0.1, 0.15) is 30.9 Å². The fourth-order valence-electron chi connectivity index (χ4n) is 2.44. The Balaban J connectivity index is 1.70. The van der Waals surface area contributed by atoms with Crippen LogP contribution in [0.5, 0.6) is 5.75 Å². The molecule has 2 N–H and O–H groups in total. The number of aromatic nitrogens is 3. The summed E-state index contributed by atoms with van der Waals surface area (Å²) >= 11 is 0. The molecule has 1 aliphatic heterocycles. The van der Waals surface area contributed by atoms with E-state index < -0.39 is 0 Å². The van der Waals surface area contributed by atoms with E-state index in [-0.39, 0.29) is 5.75 Å². The first kappa shape index (κ1) is 12.0. The number of benzene rings is 1. The van der Waals surface area contributed by atoms with E-state index in [1.807, 2.05) is 12.1 Å². The predicted molar refractivity (Wildman–Crippen MR) is 73.0 cm³/mol. The topological polar surface area (TPSA) is 63.0 Å². The smallest absolute Gasteiger partial charge is 0.152 e. The van der Waals surface area contributed by atoms with Gasteiger partial charge < -0.3 is 15.0 Å². The van der Waals surface area contributed by atoms with Crippen molar-refractivity contribution in [3.05, 3.63) is 35.9 Å². The average molecular weight is 258 g/mol. The molecule has 0 bridgehead atoms. The zero-order valence-corrected chi connectivity index (χ0v) is 10.8. The van der Waals surface area contributed by atoms with E-state index in [2.05, 4.69) is 20.1 Å². The predicted octanol–water partition coefficient (Wildman–Crippen LogP) is 2.32. The molecule has 1 aromatic heterocycles. The maximum Gasteiger partial charge on any atom is 0.152 e. The van der Waals surface area contributed by atoms with Crippen molar-refractivity contribution < 1.29 is 5.11 Å². The minimum atomic E-state index is 0.280. The number of hydrogen-bond donors (Lipinski definition) is 2. The van der Waals surface area contributed by atoms with Crippen LogP contribution in [0.3, 0.4) is 0 Å². The first-order valence-corrected chi connectivity index (χ1v) is 6.77. The second-order valence-electron chi connectivity index (χ2n) is 4.90. The number of aryl methyl sites for hydroxylation is 1. The molecule has 1 aliphatic rings. The minimum Gasteiger partial charge on any atom is -0.508 e. The van der Waals surface area contributed by atoms with Crippen LogP contribution >= 0.6 is 0 Å². The number of hydrogen-bond acceptors (Lipinski definition) is 4. The third-order valence-electron chi connectivity index (χ3n) is 3.50. The number of phenolic OH excluding ortho intramolecular Hbond substituents is 1. The summed E-state index contributed by atoms with van der Waals surface area (Å²) in [4.78, 5) is 0. The first-order chi connectivity index (χ1) is 9.33. The summed E-state index contributed by atoms with van der Waals surface area (Å²) in [6.07, 6.45) is 4.72. The Bertz CT molecular complexity index is 547. The highest BCUT2D eigenvalue weighted by Crippen LogP contribution is 2.17. The van der Waals surface area contributed by atoms with Crippen molar-refractivity contribution in [2.45, 2.75) is 38.8 Å². The zero-order valence-electron chi connectivity index (χ0n) is 10.8. The number of phenols is 1. The van der Waals surface area contributed by atoms with Crippen molar-refractivity contribution >= 4 is 5.69 Å². The maximum absolute atomic E-state index is 9.24. The van der Waals surface area contributed by atoms with Gasteiger partial charge in [0.1, 0.15) is 11.6 Å². The molecule has 0 amide bonds. The van der Waals surface area contributed by atoms with Gasteiger partial charge >= 0.3 is 0 Å². The van der Waals surface area contributed by atoms with Crippen LogP contribution in [-0.4, -0.2) is 19.9 Å². The second-order valence-corrected chi connectivity index (χ2v) is 4.90. The molecule has 5 heteroatoms. The lowest BCUT2D eigenvalue weighted by Crippen LogP contribution is -2.10. The van der Waals surface area contributed by atoms with Crippen molar-refractivity contribution in [1.82, 2.24) is 14.8 Å². The molecule has 0 spiro atoms. The Hall–Kier alpha value is -2.04. The lowest BCUT2D eigenvalue weighted by atomic mass is 10.2. The summed E-state index contributed by atoms with van der Waals surface area (Å²) in [5, 5.41) is 21.1. The third-order valence-corrected chi connectivity index (χ3v) is 3.50. The van der Waals surface area contributed by atoms with Crippen LogP contribution < -0.4 is 5.32 Å². The van der Waals surface area contributed by atoms with Gasteiger partial charge in [-0.3, -0.25) is 0 Å². The van der Waals surface area contributed by atoms with Gasteiger partial charge in [0, 0.05) is 18.7 Å². The summed E-state index contributed by atoms with van der Waals surface area (Å²) in [6, 6.07) is 7.06. The fraction of sp³-hybridized carbons (Fsp3) is 0.429. The van der Waals surface area contributed by atoms with Gasteiger partial charge in [0.15, 0.2) is 5.82 Å². The highest BCUT2D eigenvalue weighted by atomic mass is 16.3. The van der Waals surface area contributed by atoms with Crippen LogP contribution in [0, 0.1) is 0 Å². The van der Waals surface area contributed by atoms with E-state index in [9.17, 15) is 5.11 Å². The standard InChI is InChI=1S/C14H18N4O/c19-12-7-5-11(6-8-12)15-10-14-17-16-13-4-2-1-3-9-18(13)14/h5-8,15,19H,1-4,9-10H2. The highest BCUT2D eigenvalue weighted by molar-refractivity contribution is 5.45. The van der Waals surface area contributed by atoms with E-state index in [1.165, 1.54) is 19.3 Å². The molecule has 0 atom stereocenters. The molecule has 0 radical (unpaired) electrons. The van der Waals surface area contributed by atoms with Gasteiger partial charge in [-0.15, -0.1) is 10.2 Å². The zero-order chi connectivity index (χ0) is 13.1. The Labute approximate surface area is 112 Å². The van der Waals surface area contributed by atoms with Crippen LogP contribution in [0.15, 0.2) is 24.3 Å². The van der Waals surface area contributed by atoms with Crippen LogP contribution in [-0.2, 0) is 19.5 Å². The molecule has 5 nitrogen and oxygen atoms in total. The monoisotopic (exact) mass is 258 g/mol. The molecule has 2 aromatic rings. The lowest BCUT2D eigenvalue weighted by molar-refractivity contribution is 0.475. The molecule has 3 rings (SSSR count). The molecular formula is C14H18N4O. The van der Waals surface area contributed by atoms with Crippen LogP contribution in [0.25, 0.3) is 0 Å². The van der Waals surface area contributed by atoms with Gasteiger partial charge in [0.2, 0.25) is 0 Å². The molecule has 19 heavy (non-hydrogen) atoms. The van der Waals surface area contributed by atoms with Gasteiger partial charge in [-0.1, -0.05) is 6.42 Å². The summed E-state index contributed by atoms with van der Waals surface area (Å²) in [5.41, 5.74) is 0.976. The Morgan fingerprint density at radius 1 is 1.11 bits per heavy atom. The summed E-state index contributed by atoms with van der Waals surface area (Å²) in [6.45, 7) is 1.69. The molecule has 0 saturated carbocycles. The van der Waals surface area contributed by atoms with Crippen LogP contribution in [0.2, 0.25) is 0 Å². The molecule has 0 aliphatic carbocycles. The van der Waals surface area contributed by atoms with Gasteiger partial charge in [-0.05, 0) is 37.1 Å². The summed E-state index contributed by atoms with van der Waals surface area (Å²) in [7, 11) is 0. The number of anilines is 1. The third kappa shape index (κ3) is 2.70. The first-order valence-electron chi connectivity index (χ1n) is 6.77. The van der Waals surface area contributed by atoms with E-state index in [4.69, 9.17) is 0 Å². The van der Waals surface area contributed by atoms with Gasteiger partial charge in [0.05, 0.1) is 6.54 Å². The van der Waals surface area contributed by atoms with Crippen molar-refractivity contribution in [3.8, 4) is 5.75 Å². The molecule has 100 valence electrons. The Morgan fingerprint density at radius 3 is 2.79 bits per heavy atom. The van der Waals surface area contributed by atoms with E-state index in [1.54, 1.807) is 12.1 Å². The SMILES string of the molecule is Oc1ccc(NCc2nnc3n2CCCCC3)cc1. The van der Waals surface area contributed by atoms with Gasteiger partial charge in [0.25, 0.3) is 0 Å². The second kappa shape index (κ2) is 5.30. The van der Waals surface area contributed by atoms with E-state index in [0.717, 1.165) is 30.3 Å². The number of rotatable bonds is 3. The van der Waals surface area contributed by atoms with Gasteiger partial charge in [-0.2, -0.15) is 0 Å². The largest absolute Gasteiger partial charge is 0.508 e. The average Bonchev–Trinajstić information content (AvgIpc) is 2.66. The van der Waals surface area contributed by atoms with Crippen LogP contribution in [0.4, 0.5) is 5.69 Å². The molecular weight excluding hydrogens is 240 g/mol. The van der Waals surface area contributed by atoms with Crippen molar-refractivity contribution in [3.63, 3.8) is 0 Å². The number of nitrogens with zero attached hydrogens (tertiary/aromatic N) is 3. The highest BCUT2D eigenvalue weighted by Gasteiger charge is 2.14. The maximum atomic E-state index is 9.24. The summed E-state index contributed by atoms with van der Waals surface area (Å²) < 4.78 is 2.24. The molecule has 0 unspecified atom stereocenters. The Kier molecular flexibility index (Phi) is 3.35. The molecule has 1 aromatic carbocycles. The molecule has 2 heterocycles. The van der Waals surface area contributed by atoms with Gasteiger partial charge in [-0.25, -0.2) is 0 Å². The summed E-state index contributed by atoms with van der Waals surface area (Å²) in [5.74, 6) is 2.38. The quantitative estimate of drug-likeness (QED) is 0.829.